The molecule has 0 amide bonds. The third-order valence-electron chi connectivity index (χ3n) is 2.84. The number of ketones is 1. The van der Waals surface area contributed by atoms with E-state index in [-0.39, 0.29) is 17.5 Å². The summed E-state index contributed by atoms with van der Waals surface area (Å²) in [4.78, 5) is 11.6. The molecule has 18 heavy (non-hydrogen) atoms. The van der Waals surface area contributed by atoms with Crippen molar-refractivity contribution in [3.8, 4) is 17.2 Å². The number of rotatable bonds is 6. The number of carbonyl (C=O) groups is 1. The Bertz CT molecular complexity index is 399. The molecule has 0 fully saturated rings. The summed E-state index contributed by atoms with van der Waals surface area (Å²) in [6, 6.07) is 3.46. The van der Waals surface area contributed by atoms with E-state index in [0.717, 1.165) is 5.56 Å². The Labute approximate surface area is 108 Å². The molecule has 0 saturated heterocycles. The number of ether oxygens (including phenoxy) is 2. The molecule has 1 N–H and O–H groups in total. The SMILES string of the molecule is COc1cc(CCC(=O)C(C)C)cc(OC)c1O. The predicted molar refractivity (Wildman–Crippen MR) is 69.4 cm³/mol. The molecule has 1 aromatic rings. The van der Waals surface area contributed by atoms with Gasteiger partial charge in [0.2, 0.25) is 5.75 Å². The van der Waals surface area contributed by atoms with E-state index in [4.69, 9.17) is 9.47 Å². The Balaban J connectivity index is 2.86. The van der Waals surface area contributed by atoms with Crippen LogP contribution >= 0.6 is 0 Å². The number of hydrogen-bond donors (Lipinski definition) is 1. The van der Waals surface area contributed by atoms with Gasteiger partial charge in [0.05, 0.1) is 14.2 Å². The first kappa shape index (κ1) is 14.4. The van der Waals surface area contributed by atoms with Crippen molar-refractivity contribution in [1.82, 2.24) is 0 Å². The highest BCUT2D eigenvalue weighted by atomic mass is 16.5. The van der Waals surface area contributed by atoms with Crippen LogP contribution in [0.5, 0.6) is 17.2 Å². The van der Waals surface area contributed by atoms with Crippen molar-refractivity contribution >= 4 is 5.78 Å². The number of hydrogen-bond acceptors (Lipinski definition) is 4. The first-order chi connectivity index (χ1) is 8.49. The molecular formula is C14H20O4. The van der Waals surface area contributed by atoms with E-state index >= 15 is 0 Å². The zero-order chi connectivity index (χ0) is 13.7. The number of carbonyl (C=O) groups excluding carboxylic acids is 1. The first-order valence-corrected chi connectivity index (χ1v) is 5.96. The number of aromatic hydroxyl groups is 1. The van der Waals surface area contributed by atoms with Gasteiger partial charge < -0.3 is 14.6 Å². The highest BCUT2D eigenvalue weighted by Crippen LogP contribution is 2.37. The second-order valence-corrected chi connectivity index (χ2v) is 4.47. The maximum Gasteiger partial charge on any atom is 0.200 e. The van der Waals surface area contributed by atoms with Crippen molar-refractivity contribution in [3.05, 3.63) is 17.7 Å². The molecule has 0 aliphatic rings. The van der Waals surface area contributed by atoms with Gasteiger partial charge in [0.15, 0.2) is 11.5 Å². The molecule has 0 spiro atoms. The number of phenols is 1. The van der Waals surface area contributed by atoms with Crippen LogP contribution < -0.4 is 9.47 Å². The van der Waals surface area contributed by atoms with Crippen LogP contribution in [0.4, 0.5) is 0 Å². The molecular weight excluding hydrogens is 232 g/mol. The molecule has 0 radical (unpaired) electrons. The van der Waals surface area contributed by atoms with E-state index in [2.05, 4.69) is 0 Å². The van der Waals surface area contributed by atoms with Crippen LogP contribution in [0.15, 0.2) is 12.1 Å². The van der Waals surface area contributed by atoms with Gasteiger partial charge >= 0.3 is 0 Å². The van der Waals surface area contributed by atoms with Gasteiger partial charge in [-0.05, 0) is 24.1 Å². The van der Waals surface area contributed by atoms with Crippen LogP contribution in [0.1, 0.15) is 25.8 Å². The Morgan fingerprint density at radius 1 is 1.22 bits per heavy atom. The molecule has 0 saturated carbocycles. The quantitative estimate of drug-likeness (QED) is 0.845. The predicted octanol–water partition coefficient (Wildman–Crippen LogP) is 2.57. The number of benzene rings is 1. The van der Waals surface area contributed by atoms with Crippen LogP contribution in [0, 0.1) is 5.92 Å². The van der Waals surface area contributed by atoms with Crippen molar-refractivity contribution in [2.24, 2.45) is 5.92 Å². The summed E-state index contributed by atoms with van der Waals surface area (Å²) in [5.41, 5.74) is 0.913. The summed E-state index contributed by atoms with van der Waals surface area (Å²) in [5, 5.41) is 9.76. The van der Waals surface area contributed by atoms with Gasteiger partial charge in [-0.1, -0.05) is 13.8 Å². The Kier molecular flexibility index (Phi) is 5.01. The largest absolute Gasteiger partial charge is 0.502 e. The minimum atomic E-state index is -0.0149. The van der Waals surface area contributed by atoms with Gasteiger partial charge in [-0.2, -0.15) is 0 Å². The third kappa shape index (κ3) is 3.39. The molecule has 0 heterocycles. The molecule has 4 nitrogen and oxygen atoms in total. The molecule has 0 aliphatic carbocycles. The lowest BCUT2D eigenvalue weighted by atomic mass is 10.0. The highest BCUT2D eigenvalue weighted by molar-refractivity contribution is 5.80. The van der Waals surface area contributed by atoms with Gasteiger partial charge in [-0.3, -0.25) is 4.79 Å². The minimum absolute atomic E-state index is 0.0149. The van der Waals surface area contributed by atoms with Gasteiger partial charge in [0.25, 0.3) is 0 Å². The van der Waals surface area contributed by atoms with E-state index in [1.54, 1.807) is 12.1 Å². The van der Waals surface area contributed by atoms with Gasteiger partial charge in [-0.15, -0.1) is 0 Å². The molecule has 1 rings (SSSR count). The maximum absolute atomic E-state index is 11.6. The van der Waals surface area contributed by atoms with Gasteiger partial charge in [0.1, 0.15) is 5.78 Å². The van der Waals surface area contributed by atoms with Crippen molar-refractivity contribution in [2.75, 3.05) is 14.2 Å². The summed E-state index contributed by atoms with van der Waals surface area (Å²) in [5.74, 6) is 0.980. The van der Waals surface area contributed by atoms with Crippen molar-refractivity contribution < 1.29 is 19.4 Å². The number of Topliss-reactive ketones (excluding diaryl/α,β-unsaturated/α-hetero) is 1. The lowest BCUT2D eigenvalue weighted by Crippen LogP contribution is -2.08. The van der Waals surface area contributed by atoms with Crippen LogP contribution in [-0.4, -0.2) is 25.1 Å². The molecule has 0 aliphatic heterocycles. The summed E-state index contributed by atoms with van der Waals surface area (Å²) >= 11 is 0. The summed E-state index contributed by atoms with van der Waals surface area (Å²) in [6.07, 6.45) is 1.10. The van der Waals surface area contributed by atoms with E-state index in [9.17, 15) is 9.90 Å². The van der Waals surface area contributed by atoms with Gasteiger partial charge in [-0.25, -0.2) is 0 Å². The highest BCUT2D eigenvalue weighted by Gasteiger charge is 2.13. The summed E-state index contributed by atoms with van der Waals surface area (Å²) in [7, 11) is 2.97. The van der Waals surface area contributed by atoms with E-state index in [1.807, 2.05) is 13.8 Å². The average Bonchev–Trinajstić information content (AvgIpc) is 2.36. The van der Waals surface area contributed by atoms with Crippen molar-refractivity contribution in [1.29, 1.82) is 0 Å². The Morgan fingerprint density at radius 2 is 1.72 bits per heavy atom. The lowest BCUT2D eigenvalue weighted by molar-refractivity contribution is -0.121. The zero-order valence-electron chi connectivity index (χ0n) is 11.3. The van der Waals surface area contributed by atoms with Crippen LogP contribution in [0.2, 0.25) is 0 Å². The molecule has 0 atom stereocenters. The average molecular weight is 252 g/mol. The smallest absolute Gasteiger partial charge is 0.200 e. The van der Waals surface area contributed by atoms with Crippen LogP contribution in [-0.2, 0) is 11.2 Å². The molecule has 0 bridgehead atoms. The lowest BCUT2D eigenvalue weighted by Gasteiger charge is -2.11. The van der Waals surface area contributed by atoms with Crippen LogP contribution in [0.3, 0.4) is 0 Å². The fourth-order valence-corrected chi connectivity index (χ4v) is 1.65. The maximum atomic E-state index is 11.6. The monoisotopic (exact) mass is 252 g/mol. The normalized spacial score (nSPS) is 10.5. The number of phenolic OH excluding ortho intramolecular Hbond substituents is 1. The first-order valence-electron chi connectivity index (χ1n) is 5.96. The van der Waals surface area contributed by atoms with E-state index in [0.29, 0.717) is 24.3 Å². The van der Waals surface area contributed by atoms with Crippen molar-refractivity contribution in [3.63, 3.8) is 0 Å². The Hall–Kier alpha value is -1.71. The zero-order valence-corrected chi connectivity index (χ0v) is 11.3. The standard InChI is InChI=1S/C14H20O4/c1-9(2)11(15)6-5-10-7-12(17-3)14(16)13(8-10)18-4/h7-9,16H,5-6H2,1-4H3. The fourth-order valence-electron chi connectivity index (χ4n) is 1.65. The topological polar surface area (TPSA) is 55.8 Å². The summed E-state index contributed by atoms with van der Waals surface area (Å²) in [6.45, 7) is 3.78. The Morgan fingerprint density at radius 3 is 2.11 bits per heavy atom. The van der Waals surface area contributed by atoms with Crippen molar-refractivity contribution in [2.45, 2.75) is 26.7 Å². The van der Waals surface area contributed by atoms with Crippen LogP contribution in [0.25, 0.3) is 0 Å². The molecule has 1 aromatic carbocycles. The second-order valence-electron chi connectivity index (χ2n) is 4.47. The fraction of sp³-hybridized carbons (Fsp3) is 0.500. The number of aryl methyl sites for hydroxylation is 1. The summed E-state index contributed by atoms with van der Waals surface area (Å²) < 4.78 is 10.1. The molecule has 0 aromatic heterocycles. The number of methoxy groups -OCH3 is 2. The van der Waals surface area contributed by atoms with E-state index in [1.165, 1.54) is 14.2 Å². The van der Waals surface area contributed by atoms with Gasteiger partial charge in [0, 0.05) is 12.3 Å². The molecule has 100 valence electrons. The third-order valence-corrected chi connectivity index (χ3v) is 2.84. The molecule has 0 unspecified atom stereocenters. The molecule has 4 heteroatoms. The second kappa shape index (κ2) is 6.28. The minimum Gasteiger partial charge on any atom is -0.502 e. The van der Waals surface area contributed by atoms with E-state index < -0.39 is 0 Å².